The van der Waals surface area contributed by atoms with Gasteiger partial charge in [-0.1, -0.05) is 4.68 Å². The highest BCUT2D eigenvalue weighted by Gasteiger charge is 2.32. The molecule has 6 N–H and O–H groups in total. The summed E-state index contributed by atoms with van der Waals surface area (Å²) >= 11 is 0.969. The first kappa shape index (κ1) is 21.7. The zero-order valence-corrected chi connectivity index (χ0v) is 18.5. The molecule has 4 aromatic rings. The number of nitrogens with zero attached hydrogens (tertiary/aromatic N) is 3. The topological polar surface area (TPSA) is 186 Å². The van der Waals surface area contributed by atoms with Gasteiger partial charge in [0, 0.05) is 6.07 Å². The van der Waals surface area contributed by atoms with Gasteiger partial charge < -0.3 is 26.3 Å². The number of ether oxygens (including phenoxy) is 2. The van der Waals surface area contributed by atoms with Crippen LogP contribution in [-0.2, 0) is 7.05 Å². The molecule has 0 atom stereocenters. The Morgan fingerprint density at radius 3 is 2.70 bits per heavy atom. The maximum atomic E-state index is 13.2. The number of pyridine rings is 1. The third kappa shape index (κ3) is 3.48. The van der Waals surface area contributed by atoms with Gasteiger partial charge in [0.15, 0.2) is 7.05 Å². The number of rotatable bonds is 5. The van der Waals surface area contributed by atoms with Gasteiger partial charge in [-0.05, 0) is 17.4 Å². The minimum absolute atomic E-state index is 0.0107. The van der Waals surface area contributed by atoms with Crippen molar-refractivity contribution in [2.24, 2.45) is 7.05 Å². The fourth-order valence-electron chi connectivity index (χ4n) is 3.39. The number of hydrogen-bond acceptors (Lipinski definition) is 10. The standard InChI is InChI=1S/C20H17N7O5S/c1-27-15(20(29)32-26-27)12-9(7-21)17(23)25-19-13(12)14(22)16(33-19)18(28)24-10-6-8(30-2)4-5-11(10)31-3/h4-6H,1-3H3,(H5-,22,23,24,25,26,28,29)/p+1. The number of nitrogens with two attached hydrogens (primary N) is 2. The molecule has 0 radical (unpaired) electrons. The van der Waals surface area contributed by atoms with Crippen molar-refractivity contribution in [3.63, 3.8) is 0 Å². The number of aryl methyl sites for hydroxylation is 1. The lowest BCUT2D eigenvalue weighted by molar-refractivity contribution is -0.730. The molecular formula is C20H18N7O5S+. The van der Waals surface area contributed by atoms with Crippen molar-refractivity contribution >= 4 is 44.7 Å². The van der Waals surface area contributed by atoms with Crippen molar-refractivity contribution in [2.45, 2.75) is 0 Å². The molecule has 33 heavy (non-hydrogen) atoms. The minimum Gasteiger partial charge on any atom is -0.497 e. The van der Waals surface area contributed by atoms with Crippen molar-refractivity contribution in [1.29, 1.82) is 5.26 Å². The number of nitrogen functional groups attached to an aromatic ring is 2. The van der Waals surface area contributed by atoms with Crippen molar-refractivity contribution in [3.8, 4) is 28.8 Å². The number of hydrogen-bond donors (Lipinski definition) is 4. The summed E-state index contributed by atoms with van der Waals surface area (Å²) in [5.74, 6) is 0.270. The number of fused-ring (bicyclic) bond motifs is 1. The van der Waals surface area contributed by atoms with Crippen LogP contribution in [0.25, 0.3) is 21.5 Å². The summed E-state index contributed by atoms with van der Waals surface area (Å²) in [5, 5.41) is 15.1. The molecule has 0 aliphatic heterocycles. The normalized spacial score (nSPS) is 10.7. The Labute approximate surface area is 189 Å². The molecule has 0 aliphatic rings. The Hall–Kier alpha value is -4.57. The number of thiophene rings is 1. The number of anilines is 3. The minimum atomic E-state index is -0.737. The summed E-state index contributed by atoms with van der Waals surface area (Å²) in [7, 11) is 4.49. The Bertz CT molecular complexity index is 1510. The predicted molar refractivity (Wildman–Crippen MR) is 120 cm³/mol. The second-order valence-corrected chi connectivity index (χ2v) is 7.79. The highest BCUT2D eigenvalue weighted by Crippen LogP contribution is 2.41. The van der Waals surface area contributed by atoms with E-state index in [2.05, 4.69) is 15.6 Å². The second kappa shape index (κ2) is 8.17. The van der Waals surface area contributed by atoms with Crippen LogP contribution < -0.4 is 36.6 Å². The second-order valence-electron chi connectivity index (χ2n) is 6.79. The van der Waals surface area contributed by atoms with E-state index in [0.717, 1.165) is 11.3 Å². The van der Waals surface area contributed by atoms with E-state index < -0.39 is 11.5 Å². The first-order valence-corrected chi connectivity index (χ1v) is 10.1. The van der Waals surface area contributed by atoms with Gasteiger partial charge in [-0.3, -0.25) is 9.32 Å². The van der Waals surface area contributed by atoms with E-state index >= 15 is 0 Å². The molecule has 12 nitrogen and oxygen atoms in total. The molecule has 3 heterocycles. The molecule has 0 saturated carbocycles. The summed E-state index contributed by atoms with van der Waals surface area (Å²) in [5.41, 5.74) is 12.1. The third-order valence-corrected chi connectivity index (χ3v) is 6.02. The molecule has 0 aliphatic carbocycles. The lowest BCUT2D eigenvalue weighted by Crippen LogP contribution is -2.34. The molecule has 3 aromatic heterocycles. The van der Waals surface area contributed by atoms with E-state index in [-0.39, 0.29) is 43.4 Å². The largest absolute Gasteiger partial charge is 0.497 e. The number of aromatic nitrogens is 3. The molecule has 0 unspecified atom stereocenters. The summed E-state index contributed by atoms with van der Waals surface area (Å²) in [6, 6.07) is 6.89. The van der Waals surface area contributed by atoms with Crippen molar-refractivity contribution in [2.75, 3.05) is 31.0 Å². The third-order valence-electron chi connectivity index (χ3n) is 4.92. The van der Waals surface area contributed by atoms with E-state index in [1.165, 1.54) is 25.9 Å². The first-order valence-electron chi connectivity index (χ1n) is 9.33. The molecular weight excluding hydrogens is 450 g/mol. The zero-order valence-electron chi connectivity index (χ0n) is 17.7. The number of amides is 1. The number of H-pyrrole nitrogens is 1. The van der Waals surface area contributed by atoms with Crippen LogP contribution in [0.2, 0.25) is 0 Å². The molecule has 0 saturated heterocycles. The average molecular weight is 468 g/mol. The average Bonchev–Trinajstić information content (AvgIpc) is 3.31. The number of benzene rings is 1. The molecule has 4 rings (SSSR count). The summed E-state index contributed by atoms with van der Waals surface area (Å²) in [6.45, 7) is 0. The van der Waals surface area contributed by atoms with Gasteiger partial charge in [0.1, 0.15) is 38.7 Å². The summed E-state index contributed by atoms with van der Waals surface area (Å²) in [4.78, 5) is 30.1. The summed E-state index contributed by atoms with van der Waals surface area (Å²) in [6.07, 6.45) is 0. The van der Waals surface area contributed by atoms with Crippen LogP contribution in [0.15, 0.2) is 27.5 Å². The quantitative estimate of drug-likeness (QED) is 0.314. The fraction of sp³-hybridized carbons (Fsp3) is 0.150. The van der Waals surface area contributed by atoms with Crippen LogP contribution in [0.5, 0.6) is 11.5 Å². The van der Waals surface area contributed by atoms with Crippen LogP contribution in [0.3, 0.4) is 0 Å². The number of carbonyl (C=O) groups excluding carboxylic acids is 1. The van der Waals surface area contributed by atoms with Crippen LogP contribution in [0, 0.1) is 11.3 Å². The van der Waals surface area contributed by atoms with Gasteiger partial charge >= 0.3 is 11.3 Å². The van der Waals surface area contributed by atoms with Gasteiger partial charge in [0.25, 0.3) is 5.91 Å². The molecule has 0 bridgehead atoms. The smallest absolute Gasteiger partial charge is 0.435 e. The maximum absolute atomic E-state index is 13.2. The molecule has 0 spiro atoms. The molecule has 1 aromatic carbocycles. The van der Waals surface area contributed by atoms with Crippen molar-refractivity contribution < 1.29 is 23.5 Å². The predicted octanol–water partition coefficient (Wildman–Crippen LogP) is 1.37. The monoisotopic (exact) mass is 468 g/mol. The van der Waals surface area contributed by atoms with E-state index in [1.54, 1.807) is 18.2 Å². The maximum Gasteiger partial charge on any atom is 0.435 e. The fourth-order valence-corrected chi connectivity index (χ4v) is 4.40. The number of nitriles is 1. The molecule has 0 fully saturated rings. The summed E-state index contributed by atoms with van der Waals surface area (Å²) < 4.78 is 16.6. The van der Waals surface area contributed by atoms with Crippen LogP contribution in [0.1, 0.15) is 15.2 Å². The van der Waals surface area contributed by atoms with Gasteiger partial charge in [0.2, 0.25) is 0 Å². The lowest BCUT2D eigenvalue weighted by atomic mass is 10.0. The zero-order chi connectivity index (χ0) is 23.9. The Kier molecular flexibility index (Phi) is 5.36. The number of methoxy groups -OCH3 is 2. The van der Waals surface area contributed by atoms with Gasteiger partial charge in [0.05, 0.1) is 36.5 Å². The first-order chi connectivity index (χ1) is 15.8. The number of aromatic amines is 1. The molecule has 168 valence electrons. The van der Waals surface area contributed by atoms with Gasteiger partial charge in [-0.15, -0.1) is 11.3 Å². The highest BCUT2D eigenvalue weighted by molar-refractivity contribution is 7.21. The Morgan fingerprint density at radius 2 is 2.09 bits per heavy atom. The van der Waals surface area contributed by atoms with Gasteiger partial charge in [-0.2, -0.15) is 5.26 Å². The van der Waals surface area contributed by atoms with E-state index in [1.807, 2.05) is 6.07 Å². The SMILES string of the molecule is COc1ccc(OC)c(NC(=O)c2sc3nc(N)c(C#N)c(-c4c(=O)o[nH][n+]4C)c3c2N)c1. The van der Waals surface area contributed by atoms with Crippen LogP contribution >= 0.6 is 11.3 Å². The van der Waals surface area contributed by atoms with E-state index in [0.29, 0.717) is 17.2 Å². The van der Waals surface area contributed by atoms with Crippen LogP contribution in [-0.4, -0.2) is 30.4 Å². The lowest BCUT2D eigenvalue weighted by Gasteiger charge is -2.11. The molecule has 1 amide bonds. The van der Waals surface area contributed by atoms with Crippen molar-refractivity contribution in [3.05, 3.63) is 39.1 Å². The Balaban J connectivity index is 1.91. The van der Waals surface area contributed by atoms with Gasteiger partial charge in [-0.25, -0.2) is 9.78 Å². The van der Waals surface area contributed by atoms with Crippen molar-refractivity contribution in [1.82, 2.24) is 10.3 Å². The van der Waals surface area contributed by atoms with E-state index in [9.17, 15) is 14.9 Å². The van der Waals surface area contributed by atoms with E-state index in [4.69, 9.17) is 25.5 Å². The number of carbonyl (C=O) groups is 1. The highest BCUT2D eigenvalue weighted by atomic mass is 32.1. The molecule has 13 heteroatoms. The van der Waals surface area contributed by atoms with Crippen LogP contribution in [0.4, 0.5) is 17.2 Å². The Morgan fingerprint density at radius 1 is 1.33 bits per heavy atom. The number of nitrogens with one attached hydrogen (secondary N) is 2.